The maximum absolute atomic E-state index is 12.1. The molecule has 3 N–H and O–H groups in total. The zero-order valence-corrected chi connectivity index (χ0v) is 16.9. The van der Waals surface area contributed by atoms with Crippen molar-refractivity contribution < 1.29 is 14.0 Å². The smallest absolute Gasteiger partial charge is 0.319 e. The number of nitriles is 1. The minimum absolute atomic E-state index is 0.106. The molecule has 1 heterocycles. The molecule has 0 unspecified atom stereocenters. The highest BCUT2D eigenvalue weighted by Gasteiger charge is 2.06. The molecule has 1 aromatic heterocycles. The number of urea groups is 1. The second-order valence-electron chi connectivity index (χ2n) is 6.31. The van der Waals surface area contributed by atoms with Gasteiger partial charge in [0.1, 0.15) is 5.76 Å². The largest absolute Gasteiger partial charge is 0.467 e. The van der Waals surface area contributed by atoms with Gasteiger partial charge in [0, 0.05) is 17.1 Å². The van der Waals surface area contributed by atoms with Crippen molar-refractivity contribution in [3.63, 3.8) is 0 Å². The SMILES string of the molecule is N#Cc1ccc(CSCC(=O)Nc2ccc(NC(=O)NCc3ccco3)cc2)cc1. The molecule has 152 valence electrons. The summed E-state index contributed by atoms with van der Waals surface area (Å²) in [6.45, 7) is 0.299. The van der Waals surface area contributed by atoms with Crippen LogP contribution in [-0.2, 0) is 17.1 Å². The molecule has 8 heteroatoms. The Bertz CT molecular complexity index is 1010. The van der Waals surface area contributed by atoms with E-state index in [1.807, 2.05) is 12.1 Å². The molecule has 0 bridgehead atoms. The number of nitrogens with zero attached hydrogens (tertiary/aromatic N) is 1. The van der Waals surface area contributed by atoms with Crippen molar-refractivity contribution in [1.29, 1.82) is 5.26 Å². The minimum Gasteiger partial charge on any atom is -0.467 e. The van der Waals surface area contributed by atoms with Crippen LogP contribution in [0.1, 0.15) is 16.9 Å². The molecule has 0 spiro atoms. The van der Waals surface area contributed by atoms with E-state index in [0.29, 0.717) is 40.7 Å². The minimum atomic E-state index is -0.345. The number of benzene rings is 2. The average molecular weight is 420 g/mol. The predicted octanol–water partition coefficient (Wildman–Crippen LogP) is 4.34. The fourth-order valence-corrected chi connectivity index (χ4v) is 3.31. The molecule has 0 aliphatic heterocycles. The molecule has 0 aliphatic carbocycles. The van der Waals surface area contributed by atoms with Crippen LogP contribution < -0.4 is 16.0 Å². The van der Waals surface area contributed by atoms with Crippen molar-refractivity contribution in [2.75, 3.05) is 16.4 Å². The molecular formula is C22H20N4O3S. The predicted molar refractivity (Wildman–Crippen MR) is 117 cm³/mol. The molecule has 2 aromatic carbocycles. The van der Waals surface area contributed by atoms with Crippen LogP contribution in [0.4, 0.5) is 16.2 Å². The van der Waals surface area contributed by atoms with Crippen molar-refractivity contribution in [1.82, 2.24) is 5.32 Å². The number of carbonyl (C=O) groups is 2. The quantitative estimate of drug-likeness (QED) is 0.502. The molecule has 3 aromatic rings. The number of hydrogen-bond donors (Lipinski definition) is 3. The van der Waals surface area contributed by atoms with Gasteiger partial charge in [-0.1, -0.05) is 12.1 Å². The molecule has 7 nitrogen and oxygen atoms in total. The van der Waals surface area contributed by atoms with E-state index in [1.165, 1.54) is 11.8 Å². The van der Waals surface area contributed by atoms with Gasteiger partial charge in [0.2, 0.25) is 5.91 Å². The fraction of sp³-hybridized carbons (Fsp3) is 0.136. The van der Waals surface area contributed by atoms with Crippen LogP contribution in [0.3, 0.4) is 0 Å². The van der Waals surface area contributed by atoms with E-state index >= 15 is 0 Å². The average Bonchev–Trinajstić information content (AvgIpc) is 3.28. The monoisotopic (exact) mass is 420 g/mol. The number of furan rings is 1. The first kappa shape index (κ1) is 21.0. The van der Waals surface area contributed by atoms with Gasteiger partial charge < -0.3 is 20.4 Å². The molecule has 0 aliphatic rings. The standard InChI is InChI=1S/C22H20N4O3S/c23-12-16-3-5-17(6-4-16)14-30-15-21(27)25-18-7-9-19(10-8-18)26-22(28)24-13-20-2-1-11-29-20/h1-11H,13-15H2,(H,25,27)(H2,24,26,28). The summed E-state index contributed by atoms with van der Waals surface area (Å²) in [5.41, 5.74) is 2.95. The highest BCUT2D eigenvalue weighted by Crippen LogP contribution is 2.16. The molecule has 3 rings (SSSR count). The highest BCUT2D eigenvalue weighted by atomic mass is 32.2. The van der Waals surface area contributed by atoms with Crippen LogP contribution in [0.2, 0.25) is 0 Å². The van der Waals surface area contributed by atoms with E-state index < -0.39 is 0 Å². The molecule has 0 radical (unpaired) electrons. The van der Waals surface area contributed by atoms with E-state index in [9.17, 15) is 9.59 Å². The first-order valence-corrected chi connectivity index (χ1v) is 10.3. The molecule has 0 saturated carbocycles. The van der Waals surface area contributed by atoms with Gasteiger partial charge in [-0.3, -0.25) is 4.79 Å². The number of amides is 3. The van der Waals surface area contributed by atoms with Crippen LogP contribution >= 0.6 is 11.8 Å². The zero-order chi connectivity index (χ0) is 21.2. The number of anilines is 2. The number of nitrogens with one attached hydrogen (secondary N) is 3. The lowest BCUT2D eigenvalue weighted by molar-refractivity contribution is -0.113. The summed E-state index contributed by atoms with van der Waals surface area (Å²) in [6.07, 6.45) is 1.55. The Labute approximate surface area is 178 Å². The van der Waals surface area contributed by atoms with E-state index in [1.54, 1.807) is 54.8 Å². The van der Waals surface area contributed by atoms with Gasteiger partial charge in [-0.2, -0.15) is 5.26 Å². The van der Waals surface area contributed by atoms with Crippen LogP contribution in [-0.4, -0.2) is 17.7 Å². The van der Waals surface area contributed by atoms with Gasteiger partial charge in [0.15, 0.2) is 0 Å². The molecule has 0 fully saturated rings. The number of carbonyl (C=O) groups excluding carboxylic acids is 2. The Hall–Kier alpha value is -3.70. The fourth-order valence-electron chi connectivity index (χ4n) is 2.53. The molecular weight excluding hydrogens is 400 g/mol. The zero-order valence-electron chi connectivity index (χ0n) is 16.1. The lowest BCUT2D eigenvalue weighted by Gasteiger charge is -2.09. The molecule has 0 atom stereocenters. The molecule has 0 saturated heterocycles. The first-order valence-electron chi connectivity index (χ1n) is 9.16. The second-order valence-corrected chi connectivity index (χ2v) is 7.30. The number of rotatable bonds is 8. The van der Waals surface area contributed by atoms with E-state index in [-0.39, 0.29) is 11.9 Å². The summed E-state index contributed by atoms with van der Waals surface area (Å²) in [4.78, 5) is 24.0. The van der Waals surface area contributed by atoms with E-state index in [0.717, 1.165) is 5.56 Å². The maximum atomic E-state index is 12.1. The second kappa shape index (κ2) is 10.7. The van der Waals surface area contributed by atoms with Gasteiger partial charge in [-0.15, -0.1) is 11.8 Å². The highest BCUT2D eigenvalue weighted by molar-refractivity contribution is 7.99. The summed E-state index contributed by atoms with van der Waals surface area (Å²) in [5, 5.41) is 17.0. The Morgan fingerprint density at radius 2 is 1.67 bits per heavy atom. The molecule has 3 amide bonds. The van der Waals surface area contributed by atoms with Crippen LogP contribution in [0.25, 0.3) is 0 Å². The van der Waals surface area contributed by atoms with Gasteiger partial charge >= 0.3 is 6.03 Å². The Morgan fingerprint density at radius 1 is 0.967 bits per heavy atom. The lowest BCUT2D eigenvalue weighted by atomic mass is 10.2. The van der Waals surface area contributed by atoms with Gasteiger partial charge in [0.05, 0.1) is 30.2 Å². The molecule has 30 heavy (non-hydrogen) atoms. The van der Waals surface area contributed by atoms with E-state index in [2.05, 4.69) is 22.0 Å². The summed E-state index contributed by atoms with van der Waals surface area (Å²) in [7, 11) is 0. The van der Waals surface area contributed by atoms with Crippen LogP contribution in [0, 0.1) is 11.3 Å². The van der Waals surface area contributed by atoms with Crippen molar-refractivity contribution in [3.8, 4) is 6.07 Å². The van der Waals surface area contributed by atoms with Crippen molar-refractivity contribution in [3.05, 3.63) is 83.8 Å². The topological polar surface area (TPSA) is 107 Å². The summed E-state index contributed by atoms with van der Waals surface area (Å²) in [5.74, 6) is 1.57. The van der Waals surface area contributed by atoms with Crippen molar-refractivity contribution in [2.45, 2.75) is 12.3 Å². The van der Waals surface area contributed by atoms with Crippen molar-refractivity contribution in [2.24, 2.45) is 0 Å². The Morgan fingerprint density at radius 3 is 2.30 bits per heavy atom. The maximum Gasteiger partial charge on any atom is 0.319 e. The van der Waals surface area contributed by atoms with Crippen LogP contribution in [0.5, 0.6) is 0 Å². The number of thioether (sulfide) groups is 1. The third-order valence-electron chi connectivity index (χ3n) is 4.01. The Kier molecular flexibility index (Phi) is 7.52. The third-order valence-corrected chi connectivity index (χ3v) is 5.02. The van der Waals surface area contributed by atoms with Crippen LogP contribution in [0.15, 0.2) is 71.3 Å². The first-order chi connectivity index (χ1) is 14.6. The summed E-state index contributed by atoms with van der Waals surface area (Å²) >= 11 is 1.50. The van der Waals surface area contributed by atoms with E-state index in [4.69, 9.17) is 9.68 Å². The van der Waals surface area contributed by atoms with Gasteiger partial charge in [0.25, 0.3) is 0 Å². The third kappa shape index (κ3) is 6.72. The summed E-state index contributed by atoms with van der Waals surface area (Å²) < 4.78 is 5.15. The van der Waals surface area contributed by atoms with Gasteiger partial charge in [-0.25, -0.2) is 4.79 Å². The lowest BCUT2D eigenvalue weighted by Crippen LogP contribution is -2.27. The van der Waals surface area contributed by atoms with Crippen molar-refractivity contribution >= 4 is 35.1 Å². The number of hydrogen-bond acceptors (Lipinski definition) is 5. The summed E-state index contributed by atoms with van der Waals surface area (Å²) in [6, 6.07) is 19.5. The van der Waals surface area contributed by atoms with Gasteiger partial charge in [-0.05, 0) is 54.1 Å². The normalized spacial score (nSPS) is 10.1. The Balaban J connectivity index is 1.38.